The maximum Gasteiger partial charge on any atom is 0.239 e. The maximum atomic E-state index is 13.0. The molecule has 0 unspecified atom stereocenters. The van der Waals surface area contributed by atoms with Gasteiger partial charge in [-0.3, -0.25) is 9.52 Å². The molecule has 7 nitrogen and oxygen atoms in total. The third-order valence-electron chi connectivity index (χ3n) is 5.19. The van der Waals surface area contributed by atoms with Gasteiger partial charge in [-0.25, -0.2) is 20.8 Å². The number of Topliss-reactive ketones (excluding diaryl/α,β-unsaturated/α-hetero) is 1. The van der Waals surface area contributed by atoms with E-state index < -0.39 is 20.0 Å². The number of anilines is 1. The van der Waals surface area contributed by atoms with Crippen LogP contribution >= 0.6 is 0 Å². The monoisotopic (exact) mass is 440 g/mol. The number of sulfonamides is 1. The average molecular weight is 441 g/mol. The third-order valence-corrected chi connectivity index (χ3v) is 8.34. The number of carbonyl (C=O) groups is 1. The van der Waals surface area contributed by atoms with Gasteiger partial charge < -0.3 is 0 Å². The van der Waals surface area contributed by atoms with Gasteiger partial charge >= 0.3 is 0 Å². The summed E-state index contributed by atoms with van der Waals surface area (Å²) in [5.41, 5.74) is 1.73. The Balaban J connectivity index is 2.14. The number of nitrogens with one attached hydrogen (secondary N) is 1. The Hall–Kier alpha value is -1.87. The minimum atomic E-state index is -3.60. The quantitative estimate of drug-likeness (QED) is 0.641. The molecule has 0 aliphatic heterocycles. The molecular weight excluding hydrogens is 412 g/mol. The van der Waals surface area contributed by atoms with E-state index in [2.05, 4.69) is 4.72 Å². The molecule has 1 aliphatic rings. The molecule has 0 fully saturated rings. The Labute approximate surface area is 172 Å². The molecule has 9 heteroatoms. The number of fused-ring (bicyclic) bond motifs is 3. The highest BCUT2D eigenvalue weighted by atomic mass is 32.2. The zero-order chi connectivity index (χ0) is 21.2. The third kappa shape index (κ3) is 4.50. The van der Waals surface area contributed by atoms with Crippen LogP contribution in [-0.4, -0.2) is 38.1 Å². The summed E-state index contributed by atoms with van der Waals surface area (Å²) in [5, 5.41) is 0.500. The van der Waals surface area contributed by atoms with Crippen molar-refractivity contribution < 1.29 is 21.6 Å². The van der Waals surface area contributed by atoms with Crippen LogP contribution in [0.15, 0.2) is 18.2 Å². The van der Waals surface area contributed by atoms with E-state index in [9.17, 15) is 21.6 Å². The molecule has 1 heterocycles. The van der Waals surface area contributed by atoms with E-state index in [4.69, 9.17) is 0 Å². The number of nitrogens with zero attached hydrogens (tertiary/aromatic N) is 1. The van der Waals surface area contributed by atoms with Crippen molar-refractivity contribution in [3.05, 3.63) is 29.5 Å². The molecule has 160 valence electrons. The highest BCUT2D eigenvalue weighted by molar-refractivity contribution is 7.92. The minimum absolute atomic E-state index is 0.0132. The summed E-state index contributed by atoms with van der Waals surface area (Å²) in [6.07, 6.45) is 4.11. The topological polar surface area (TPSA) is 102 Å². The van der Waals surface area contributed by atoms with Crippen LogP contribution in [0.2, 0.25) is 0 Å². The van der Waals surface area contributed by atoms with Gasteiger partial charge in [-0.1, -0.05) is 26.7 Å². The molecule has 1 N–H and O–H groups in total. The standard InChI is InChI=1S/C20H28N2O5S2/c1-3-5-12-28(24,25)21-15-10-11-17-16(14-15)20-18(8-7-9-19(20)23)22(17)29(26,27)13-6-4-2/h10-11,14,21H,3-9,12-13H2,1-2H3. The Bertz CT molecular complexity index is 1130. The van der Waals surface area contributed by atoms with Crippen LogP contribution in [0, 0.1) is 0 Å². The number of unbranched alkanes of at least 4 members (excludes halogenated alkanes) is 2. The van der Waals surface area contributed by atoms with Crippen LogP contribution < -0.4 is 4.72 Å². The van der Waals surface area contributed by atoms with Gasteiger partial charge in [-0.05, 0) is 43.9 Å². The zero-order valence-corrected chi connectivity index (χ0v) is 18.5. The van der Waals surface area contributed by atoms with Crippen LogP contribution in [0.4, 0.5) is 5.69 Å². The summed E-state index contributed by atoms with van der Waals surface area (Å²) < 4.78 is 54.4. The summed E-state index contributed by atoms with van der Waals surface area (Å²) in [6.45, 7) is 3.85. The summed E-state index contributed by atoms with van der Waals surface area (Å²) in [6, 6.07) is 4.75. The van der Waals surface area contributed by atoms with Crippen LogP contribution in [0.5, 0.6) is 0 Å². The Morgan fingerprint density at radius 2 is 1.69 bits per heavy atom. The first kappa shape index (κ1) is 21.8. The van der Waals surface area contributed by atoms with E-state index in [1.54, 1.807) is 18.2 Å². The molecule has 0 amide bonds. The van der Waals surface area contributed by atoms with Crippen molar-refractivity contribution in [3.63, 3.8) is 0 Å². The highest BCUT2D eigenvalue weighted by Crippen LogP contribution is 2.35. The van der Waals surface area contributed by atoms with Crippen molar-refractivity contribution in [2.75, 3.05) is 16.2 Å². The van der Waals surface area contributed by atoms with Gasteiger partial charge in [0.15, 0.2) is 5.78 Å². The van der Waals surface area contributed by atoms with E-state index in [0.29, 0.717) is 60.0 Å². The molecule has 0 spiro atoms. The fourth-order valence-corrected chi connectivity index (χ4v) is 6.83. The molecule has 0 saturated carbocycles. The van der Waals surface area contributed by atoms with Gasteiger partial charge in [0.25, 0.3) is 0 Å². The highest BCUT2D eigenvalue weighted by Gasteiger charge is 2.30. The van der Waals surface area contributed by atoms with Crippen LogP contribution in [-0.2, 0) is 26.5 Å². The molecule has 0 radical (unpaired) electrons. The second kappa shape index (κ2) is 8.47. The van der Waals surface area contributed by atoms with E-state index >= 15 is 0 Å². The van der Waals surface area contributed by atoms with Crippen molar-refractivity contribution in [3.8, 4) is 0 Å². The Morgan fingerprint density at radius 1 is 1.00 bits per heavy atom. The summed E-state index contributed by atoms with van der Waals surface area (Å²) >= 11 is 0. The van der Waals surface area contributed by atoms with Crippen LogP contribution in [0.1, 0.15) is 68.4 Å². The second-order valence-corrected chi connectivity index (χ2v) is 11.3. The normalized spacial score (nSPS) is 14.9. The van der Waals surface area contributed by atoms with Gasteiger partial charge in [-0.2, -0.15) is 0 Å². The average Bonchev–Trinajstić information content (AvgIpc) is 3.00. The van der Waals surface area contributed by atoms with E-state index in [1.165, 1.54) is 3.97 Å². The number of hydrogen-bond acceptors (Lipinski definition) is 5. The van der Waals surface area contributed by atoms with Crippen molar-refractivity contribution >= 4 is 42.4 Å². The number of benzene rings is 1. The molecular formula is C20H28N2O5S2. The van der Waals surface area contributed by atoms with Gasteiger partial charge in [0.1, 0.15) is 0 Å². The number of aromatic nitrogens is 1. The fraction of sp³-hybridized carbons (Fsp3) is 0.550. The van der Waals surface area contributed by atoms with Crippen LogP contribution in [0.25, 0.3) is 10.9 Å². The van der Waals surface area contributed by atoms with E-state index in [0.717, 1.165) is 12.8 Å². The number of rotatable bonds is 9. The molecule has 1 aliphatic carbocycles. The maximum absolute atomic E-state index is 13.0. The smallest absolute Gasteiger partial charge is 0.239 e. The van der Waals surface area contributed by atoms with Gasteiger partial charge in [0.2, 0.25) is 20.0 Å². The summed E-state index contributed by atoms with van der Waals surface area (Å²) in [4.78, 5) is 12.6. The summed E-state index contributed by atoms with van der Waals surface area (Å²) in [5.74, 6) is -0.0590. The lowest BCUT2D eigenvalue weighted by atomic mass is 9.94. The van der Waals surface area contributed by atoms with Gasteiger partial charge in [0.05, 0.1) is 17.0 Å². The first-order chi connectivity index (χ1) is 13.7. The van der Waals surface area contributed by atoms with E-state index in [1.807, 2.05) is 13.8 Å². The van der Waals surface area contributed by atoms with Gasteiger partial charge in [0, 0.05) is 28.8 Å². The number of carbonyl (C=O) groups excluding carboxylic acids is 1. The summed E-state index contributed by atoms with van der Waals surface area (Å²) in [7, 11) is -7.10. The molecule has 0 atom stereocenters. The van der Waals surface area contributed by atoms with E-state index in [-0.39, 0.29) is 17.3 Å². The first-order valence-corrected chi connectivity index (χ1v) is 13.4. The SMILES string of the molecule is CCCCS(=O)(=O)Nc1ccc2c(c1)c1c(n2S(=O)(=O)CCCC)CCCC1=O. The predicted octanol–water partition coefficient (Wildman–Crippen LogP) is 3.68. The van der Waals surface area contributed by atoms with Crippen molar-refractivity contribution in [2.24, 2.45) is 0 Å². The molecule has 0 bridgehead atoms. The molecule has 1 aromatic carbocycles. The lowest BCUT2D eigenvalue weighted by Crippen LogP contribution is -2.21. The fourth-order valence-electron chi connectivity index (χ4n) is 3.76. The lowest BCUT2D eigenvalue weighted by Gasteiger charge is -2.15. The molecule has 29 heavy (non-hydrogen) atoms. The number of ketones is 1. The predicted molar refractivity (Wildman–Crippen MR) is 116 cm³/mol. The minimum Gasteiger partial charge on any atom is -0.294 e. The molecule has 1 aromatic heterocycles. The Morgan fingerprint density at radius 3 is 2.38 bits per heavy atom. The zero-order valence-electron chi connectivity index (χ0n) is 16.9. The molecule has 2 aromatic rings. The molecule has 3 rings (SSSR count). The van der Waals surface area contributed by atoms with Crippen molar-refractivity contribution in [1.29, 1.82) is 0 Å². The van der Waals surface area contributed by atoms with Gasteiger partial charge in [-0.15, -0.1) is 0 Å². The second-order valence-electron chi connectivity index (χ2n) is 7.54. The molecule has 0 saturated heterocycles. The number of hydrogen-bond donors (Lipinski definition) is 1. The Kier molecular flexibility index (Phi) is 6.38. The largest absolute Gasteiger partial charge is 0.294 e. The van der Waals surface area contributed by atoms with Crippen LogP contribution in [0.3, 0.4) is 0 Å². The lowest BCUT2D eigenvalue weighted by molar-refractivity contribution is 0.0974. The first-order valence-electron chi connectivity index (χ1n) is 10.1. The van der Waals surface area contributed by atoms with Crippen molar-refractivity contribution in [1.82, 2.24) is 3.97 Å². The van der Waals surface area contributed by atoms with Crippen molar-refractivity contribution in [2.45, 2.75) is 58.8 Å².